The Hall–Kier alpha value is -4.59. The molecular weight excluding hydrogens is 445 g/mol. The minimum absolute atomic E-state index is 0.184. The van der Waals surface area contributed by atoms with Crippen LogP contribution in [0.2, 0.25) is 0 Å². The molecule has 0 bridgehead atoms. The summed E-state index contributed by atoms with van der Waals surface area (Å²) in [6, 6.07) is 19.5. The highest BCUT2D eigenvalue weighted by atomic mass is 19.1. The molecule has 0 spiro atoms. The van der Waals surface area contributed by atoms with Gasteiger partial charge in [0, 0.05) is 40.7 Å². The Morgan fingerprint density at radius 1 is 0.943 bits per heavy atom. The van der Waals surface area contributed by atoms with E-state index in [0.717, 1.165) is 38.8 Å². The zero-order valence-corrected chi connectivity index (χ0v) is 18.7. The van der Waals surface area contributed by atoms with Crippen LogP contribution in [0.3, 0.4) is 0 Å². The largest absolute Gasteiger partial charge is 0.353 e. The predicted molar refractivity (Wildman–Crippen MR) is 132 cm³/mol. The Morgan fingerprint density at radius 3 is 2.63 bits per heavy atom. The maximum Gasteiger partial charge on any atom is 0.269 e. The SMILES string of the molecule is O=C(CCCc1c(-c2ccc3ccccc3n2)[nH]c2ccc(F)cc12)NNC(=O)c1ccncc1. The molecule has 8 heteroatoms. The first-order chi connectivity index (χ1) is 17.1. The summed E-state index contributed by atoms with van der Waals surface area (Å²) in [5, 5.41) is 1.80. The summed E-state index contributed by atoms with van der Waals surface area (Å²) in [6.07, 6.45) is 4.22. The second-order valence-corrected chi connectivity index (χ2v) is 8.15. The average molecular weight is 468 g/mol. The highest BCUT2D eigenvalue weighted by molar-refractivity contribution is 5.95. The average Bonchev–Trinajstić information content (AvgIpc) is 3.25. The summed E-state index contributed by atoms with van der Waals surface area (Å²) in [6.45, 7) is 0. The number of aromatic nitrogens is 3. The van der Waals surface area contributed by atoms with E-state index in [0.29, 0.717) is 18.4 Å². The van der Waals surface area contributed by atoms with Crippen molar-refractivity contribution in [3.05, 3.63) is 96.1 Å². The molecule has 0 fully saturated rings. The molecule has 7 nitrogen and oxygen atoms in total. The van der Waals surface area contributed by atoms with Crippen molar-refractivity contribution < 1.29 is 14.0 Å². The van der Waals surface area contributed by atoms with Gasteiger partial charge in [-0.1, -0.05) is 24.3 Å². The van der Waals surface area contributed by atoms with Crippen molar-refractivity contribution in [3.63, 3.8) is 0 Å². The van der Waals surface area contributed by atoms with Gasteiger partial charge in [0.25, 0.3) is 5.91 Å². The molecule has 0 saturated heterocycles. The van der Waals surface area contributed by atoms with E-state index in [9.17, 15) is 14.0 Å². The number of rotatable bonds is 6. The summed E-state index contributed by atoms with van der Waals surface area (Å²) < 4.78 is 14.1. The fraction of sp³-hybridized carbons (Fsp3) is 0.111. The van der Waals surface area contributed by atoms with Gasteiger partial charge in [-0.2, -0.15) is 0 Å². The maximum atomic E-state index is 14.1. The van der Waals surface area contributed by atoms with Gasteiger partial charge in [-0.15, -0.1) is 0 Å². The van der Waals surface area contributed by atoms with E-state index >= 15 is 0 Å². The van der Waals surface area contributed by atoms with Gasteiger partial charge in [-0.3, -0.25) is 25.4 Å². The number of nitrogens with zero attached hydrogens (tertiary/aromatic N) is 2. The standard InChI is InChI=1S/C27H22FN5O2/c28-19-9-11-23-21(16-19)20(26(31-23)24-10-8-17-4-1-2-6-22(17)30-24)5-3-7-25(34)32-33-27(35)18-12-14-29-15-13-18/h1-2,4,6,8-16,31H,3,5,7H2,(H,32,34)(H,33,35). The molecular formula is C27H22FN5O2. The van der Waals surface area contributed by atoms with Crippen LogP contribution in [0.15, 0.2) is 79.1 Å². The van der Waals surface area contributed by atoms with Crippen molar-refractivity contribution in [2.24, 2.45) is 0 Å². The fourth-order valence-corrected chi connectivity index (χ4v) is 4.09. The van der Waals surface area contributed by atoms with Gasteiger partial charge in [0.05, 0.1) is 16.9 Å². The molecule has 0 unspecified atom stereocenters. The van der Waals surface area contributed by atoms with Crippen LogP contribution in [0.4, 0.5) is 4.39 Å². The Morgan fingerprint density at radius 2 is 1.77 bits per heavy atom. The number of carbonyl (C=O) groups excluding carboxylic acids is 2. The molecule has 2 aromatic carbocycles. The molecule has 5 aromatic rings. The molecule has 174 valence electrons. The third kappa shape index (κ3) is 4.86. The maximum absolute atomic E-state index is 14.1. The highest BCUT2D eigenvalue weighted by Gasteiger charge is 2.16. The first-order valence-corrected chi connectivity index (χ1v) is 11.2. The lowest BCUT2D eigenvalue weighted by atomic mass is 10.0. The number of amides is 2. The summed E-state index contributed by atoms with van der Waals surface area (Å²) in [5.74, 6) is -1.06. The molecule has 0 radical (unpaired) electrons. The predicted octanol–water partition coefficient (Wildman–Crippen LogP) is 4.70. The van der Waals surface area contributed by atoms with Crippen LogP contribution in [0.1, 0.15) is 28.8 Å². The molecule has 3 aromatic heterocycles. The number of hydrazine groups is 1. The number of carbonyl (C=O) groups is 2. The highest BCUT2D eigenvalue weighted by Crippen LogP contribution is 2.32. The minimum Gasteiger partial charge on any atom is -0.353 e. The van der Waals surface area contributed by atoms with E-state index < -0.39 is 5.91 Å². The van der Waals surface area contributed by atoms with Gasteiger partial charge in [-0.05, 0) is 60.9 Å². The van der Waals surface area contributed by atoms with Gasteiger partial charge in [0.15, 0.2) is 0 Å². The molecule has 0 saturated carbocycles. The third-order valence-electron chi connectivity index (χ3n) is 5.81. The van der Waals surface area contributed by atoms with Gasteiger partial charge in [0.2, 0.25) is 5.91 Å². The number of para-hydroxylation sites is 1. The Balaban J connectivity index is 1.32. The number of nitrogens with one attached hydrogen (secondary N) is 3. The van der Waals surface area contributed by atoms with Crippen molar-refractivity contribution in [2.75, 3.05) is 0 Å². The second kappa shape index (κ2) is 9.72. The number of pyridine rings is 2. The van der Waals surface area contributed by atoms with Crippen molar-refractivity contribution >= 4 is 33.6 Å². The first-order valence-electron chi connectivity index (χ1n) is 11.2. The van der Waals surface area contributed by atoms with Crippen molar-refractivity contribution in [3.8, 4) is 11.4 Å². The minimum atomic E-state index is -0.419. The molecule has 35 heavy (non-hydrogen) atoms. The Labute approximate surface area is 200 Å². The summed E-state index contributed by atoms with van der Waals surface area (Å²) in [5.41, 5.74) is 9.37. The Kier molecular flexibility index (Phi) is 6.17. The smallest absolute Gasteiger partial charge is 0.269 e. The molecule has 3 heterocycles. The lowest BCUT2D eigenvalue weighted by Crippen LogP contribution is -2.41. The number of aryl methyl sites for hydroxylation is 1. The number of fused-ring (bicyclic) bond motifs is 2. The van der Waals surface area contributed by atoms with Gasteiger partial charge >= 0.3 is 0 Å². The normalized spacial score (nSPS) is 11.0. The van der Waals surface area contributed by atoms with E-state index in [1.165, 1.54) is 24.5 Å². The van der Waals surface area contributed by atoms with Crippen LogP contribution >= 0.6 is 0 Å². The zero-order chi connectivity index (χ0) is 24.2. The summed E-state index contributed by atoms with van der Waals surface area (Å²) in [7, 11) is 0. The van der Waals surface area contributed by atoms with Crippen LogP contribution in [-0.4, -0.2) is 26.8 Å². The van der Waals surface area contributed by atoms with Crippen molar-refractivity contribution in [1.29, 1.82) is 0 Å². The zero-order valence-electron chi connectivity index (χ0n) is 18.7. The van der Waals surface area contributed by atoms with E-state index in [1.54, 1.807) is 18.2 Å². The molecule has 2 amide bonds. The molecule has 0 aliphatic heterocycles. The number of benzene rings is 2. The summed E-state index contributed by atoms with van der Waals surface area (Å²) >= 11 is 0. The molecule has 0 aliphatic rings. The molecule has 5 rings (SSSR count). The number of hydrogen-bond donors (Lipinski definition) is 3. The first kappa shape index (κ1) is 22.2. The third-order valence-corrected chi connectivity index (χ3v) is 5.81. The topological polar surface area (TPSA) is 99.8 Å². The number of hydrogen-bond acceptors (Lipinski definition) is 4. The van der Waals surface area contributed by atoms with Crippen molar-refractivity contribution in [2.45, 2.75) is 19.3 Å². The lowest BCUT2D eigenvalue weighted by molar-refractivity contribution is -0.121. The van der Waals surface area contributed by atoms with Crippen LogP contribution < -0.4 is 10.9 Å². The quantitative estimate of drug-likeness (QED) is 0.315. The van der Waals surface area contributed by atoms with E-state index in [1.807, 2.05) is 36.4 Å². The lowest BCUT2D eigenvalue weighted by Gasteiger charge is -2.08. The number of halogens is 1. The molecule has 3 N–H and O–H groups in total. The second-order valence-electron chi connectivity index (χ2n) is 8.15. The van der Waals surface area contributed by atoms with Crippen molar-refractivity contribution in [1.82, 2.24) is 25.8 Å². The van der Waals surface area contributed by atoms with Crippen LogP contribution in [-0.2, 0) is 11.2 Å². The van der Waals surface area contributed by atoms with Gasteiger partial charge in [0.1, 0.15) is 5.82 Å². The van der Waals surface area contributed by atoms with Crippen LogP contribution in [0.5, 0.6) is 0 Å². The number of aromatic amines is 1. The molecule has 0 atom stereocenters. The fourth-order valence-electron chi connectivity index (χ4n) is 4.09. The van der Waals surface area contributed by atoms with E-state index in [2.05, 4.69) is 20.8 Å². The van der Waals surface area contributed by atoms with Gasteiger partial charge < -0.3 is 4.98 Å². The Bertz CT molecular complexity index is 1530. The molecule has 0 aliphatic carbocycles. The van der Waals surface area contributed by atoms with Gasteiger partial charge in [-0.25, -0.2) is 9.37 Å². The number of H-pyrrole nitrogens is 1. The van der Waals surface area contributed by atoms with Crippen LogP contribution in [0.25, 0.3) is 33.2 Å². The van der Waals surface area contributed by atoms with E-state index in [-0.39, 0.29) is 18.1 Å². The van der Waals surface area contributed by atoms with E-state index in [4.69, 9.17) is 4.98 Å². The summed E-state index contributed by atoms with van der Waals surface area (Å²) in [4.78, 5) is 36.4. The van der Waals surface area contributed by atoms with Crippen LogP contribution in [0, 0.1) is 5.82 Å². The monoisotopic (exact) mass is 467 g/mol.